The second-order valence-corrected chi connectivity index (χ2v) is 5.58. The van der Waals surface area contributed by atoms with Crippen LogP contribution < -0.4 is 5.32 Å². The van der Waals surface area contributed by atoms with E-state index in [4.69, 9.17) is 28.5 Å². The Balaban J connectivity index is 2.07. The molecule has 108 valence electrons. The first kappa shape index (κ1) is 15.7. The number of rotatable bonds is 4. The van der Waals surface area contributed by atoms with Gasteiger partial charge in [0.05, 0.1) is 16.7 Å². The second kappa shape index (κ2) is 6.82. The average Bonchev–Trinajstić information content (AvgIpc) is 2.49. The molecule has 0 amide bonds. The first-order chi connectivity index (χ1) is 10.0. The topological polar surface area (TPSA) is 56.0 Å². The third-order valence-corrected chi connectivity index (χ3v) is 3.75. The number of phenolic OH excluding ortho intramolecular Hbond substituents is 1. The highest BCUT2D eigenvalue weighted by Gasteiger charge is 2.10. The quantitative estimate of drug-likeness (QED) is 0.876. The summed E-state index contributed by atoms with van der Waals surface area (Å²) in [5, 5.41) is 22.7. The first-order valence-corrected chi connectivity index (χ1v) is 7.17. The zero-order valence-electron chi connectivity index (χ0n) is 11.4. The molecule has 5 heteroatoms. The number of nitriles is 1. The molecule has 0 spiro atoms. The van der Waals surface area contributed by atoms with Crippen molar-refractivity contribution < 1.29 is 5.11 Å². The molecule has 2 N–H and O–H groups in total. The second-order valence-electron chi connectivity index (χ2n) is 4.73. The third-order valence-electron chi connectivity index (χ3n) is 3.25. The predicted molar refractivity (Wildman–Crippen MR) is 84.5 cm³/mol. The number of halogens is 2. The van der Waals surface area contributed by atoms with E-state index in [-0.39, 0.29) is 16.8 Å². The Kier molecular flexibility index (Phi) is 5.08. The van der Waals surface area contributed by atoms with E-state index in [0.717, 1.165) is 5.56 Å². The van der Waals surface area contributed by atoms with Crippen molar-refractivity contribution in [3.05, 3.63) is 63.1 Å². The van der Waals surface area contributed by atoms with Crippen LogP contribution in [0.2, 0.25) is 10.0 Å². The number of benzene rings is 2. The smallest absolute Gasteiger partial charge is 0.138 e. The highest BCUT2D eigenvalue weighted by molar-refractivity contribution is 6.35. The molecule has 0 heterocycles. The van der Waals surface area contributed by atoms with Gasteiger partial charge in [-0.1, -0.05) is 35.3 Å². The molecule has 0 fully saturated rings. The molecule has 0 aliphatic carbocycles. The zero-order chi connectivity index (χ0) is 15.4. The number of nitrogens with one attached hydrogen (secondary N) is 1. The van der Waals surface area contributed by atoms with Crippen molar-refractivity contribution in [3.63, 3.8) is 0 Å². The standard InChI is InChI=1S/C16H14Cl2N2O/c1-10(12-4-2-11(8-19)3-5-12)20-9-13-6-14(17)7-15(18)16(13)21/h2-7,10,20-21H,9H2,1H3. The normalized spacial score (nSPS) is 11.9. The predicted octanol–water partition coefficient (Wildman–Crippen LogP) is 4.42. The van der Waals surface area contributed by atoms with Crippen LogP contribution in [0.25, 0.3) is 0 Å². The van der Waals surface area contributed by atoms with Gasteiger partial charge >= 0.3 is 0 Å². The van der Waals surface area contributed by atoms with E-state index in [1.54, 1.807) is 18.2 Å². The van der Waals surface area contributed by atoms with Crippen molar-refractivity contribution in [3.8, 4) is 11.8 Å². The largest absolute Gasteiger partial charge is 0.506 e. The van der Waals surface area contributed by atoms with Gasteiger partial charge in [0.1, 0.15) is 5.75 Å². The van der Waals surface area contributed by atoms with Crippen LogP contribution in [0.4, 0.5) is 0 Å². The molecule has 0 aliphatic heterocycles. The van der Waals surface area contributed by atoms with Gasteiger partial charge in [-0.15, -0.1) is 0 Å². The van der Waals surface area contributed by atoms with E-state index >= 15 is 0 Å². The summed E-state index contributed by atoms with van der Waals surface area (Å²) in [7, 11) is 0. The van der Waals surface area contributed by atoms with Gasteiger partial charge in [0.15, 0.2) is 0 Å². The van der Waals surface area contributed by atoms with Gasteiger partial charge in [0.2, 0.25) is 0 Å². The van der Waals surface area contributed by atoms with Gasteiger partial charge in [0.25, 0.3) is 0 Å². The average molecular weight is 321 g/mol. The Morgan fingerprint density at radius 3 is 2.52 bits per heavy atom. The molecule has 3 nitrogen and oxygen atoms in total. The molecule has 1 atom stereocenters. The Labute approximate surface area is 133 Å². The summed E-state index contributed by atoms with van der Waals surface area (Å²) in [6, 6.07) is 12.7. The van der Waals surface area contributed by atoms with Crippen molar-refractivity contribution in [1.29, 1.82) is 5.26 Å². The molecule has 1 unspecified atom stereocenters. The van der Waals surface area contributed by atoms with Crippen LogP contribution in [0.15, 0.2) is 36.4 Å². The minimum Gasteiger partial charge on any atom is -0.506 e. The molecule has 0 aliphatic rings. The SMILES string of the molecule is CC(NCc1cc(Cl)cc(Cl)c1O)c1ccc(C#N)cc1. The molecule has 0 aromatic heterocycles. The van der Waals surface area contributed by atoms with E-state index in [9.17, 15) is 5.11 Å². The van der Waals surface area contributed by atoms with Crippen LogP contribution in [0.3, 0.4) is 0 Å². The summed E-state index contributed by atoms with van der Waals surface area (Å²) in [5.41, 5.74) is 2.33. The molecule has 0 radical (unpaired) electrons. The van der Waals surface area contributed by atoms with E-state index < -0.39 is 0 Å². The fourth-order valence-corrected chi connectivity index (χ4v) is 2.52. The highest BCUT2D eigenvalue weighted by atomic mass is 35.5. The fraction of sp³-hybridized carbons (Fsp3) is 0.188. The Hall–Kier alpha value is -1.73. The maximum absolute atomic E-state index is 9.91. The minimum absolute atomic E-state index is 0.0422. The number of aromatic hydroxyl groups is 1. The Morgan fingerprint density at radius 2 is 1.90 bits per heavy atom. The zero-order valence-corrected chi connectivity index (χ0v) is 12.9. The summed E-state index contributed by atoms with van der Waals surface area (Å²) in [5.74, 6) is 0.0422. The van der Waals surface area contributed by atoms with Crippen molar-refractivity contribution in [2.24, 2.45) is 0 Å². The maximum atomic E-state index is 9.91. The number of nitrogens with zero attached hydrogens (tertiary/aromatic N) is 1. The van der Waals surface area contributed by atoms with Crippen molar-refractivity contribution in [2.45, 2.75) is 19.5 Å². The third kappa shape index (κ3) is 3.89. The lowest BCUT2D eigenvalue weighted by atomic mass is 10.1. The summed E-state index contributed by atoms with van der Waals surface area (Å²) in [6.07, 6.45) is 0. The maximum Gasteiger partial charge on any atom is 0.138 e. The lowest BCUT2D eigenvalue weighted by molar-refractivity contribution is 0.460. The molecule has 21 heavy (non-hydrogen) atoms. The molecule has 2 rings (SSSR count). The van der Waals surface area contributed by atoms with Gasteiger partial charge in [-0.2, -0.15) is 5.26 Å². The molecule has 0 saturated heterocycles. The van der Waals surface area contributed by atoms with Crippen LogP contribution in [0.5, 0.6) is 5.75 Å². The van der Waals surface area contributed by atoms with Gasteiger partial charge in [-0.25, -0.2) is 0 Å². The number of hydrogen-bond acceptors (Lipinski definition) is 3. The monoisotopic (exact) mass is 320 g/mol. The van der Waals surface area contributed by atoms with Gasteiger partial charge in [0, 0.05) is 23.2 Å². The van der Waals surface area contributed by atoms with Gasteiger partial charge in [-0.05, 0) is 36.8 Å². The van der Waals surface area contributed by atoms with Crippen LogP contribution in [-0.2, 0) is 6.54 Å². The lowest BCUT2D eigenvalue weighted by Gasteiger charge is -2.15. The molecular formula is C16H14Cl2N2O. The van der Waals surface area contributed by atoms with E-state index in [0.29, 0.717) is 22.7 Å². The Morgan fingerprint density at radius 1 is 1.24 bits per heavy atom. The van der Waals surface area contributed by atoms with Crippen molar-refractivity contribution in [1.82, 2.24) is 5.32 Å². The highest BCUT2D eigenvalue weighted by Crippen LogP contribution is 2.31. The lowest BCUT2D eigenvalue weighted by Crippen LogP contribution is -2.18. The number of hydrogen-bond donors (Lipinski definition) is 2. The number of phenols is 1. The van der Waals surface area contributed by atoms with Gasteiger partial charge < -0.3 is 10.4 Å². The van der Waals surface area contributed by atoms with Crippen LogP contribution in [0.1, 0.15) is 29.7 Å². The summed E-state index contributed by atoms with van der Waals surface area (Å²) in [6.45, 7) is 2.44. The molecular weight excluding hydrogens is 307 g/mol. The molecule has 2 aromatic carbocycles. The van der Waals surface area contributed by atoms with Gasteiger partial charge in [-0.3, -0.25) is 0 Å². The first-order valence-electron chi connectivity index (χ1n) is 6.41. The summed E-state index contributed by atoms with van der Waals surface area (Å²) < 4.78 is 0. The summed E-state index contributed by atoms with van der Waals surface area (Å²) in [4.78, 5) is 0. The van der Waals surface area contributed by atoms with E-state index in [2.05, 4.69) is 11.4 Å². The van der Waals surface area contributed by atoms with E-state index in [1.807, 2.05) is 19.1 Å². The Bertz CT molecular complexity index is 678. The molecule has 0 bridgehead atoms. The molecule has 0 saturated carbocycles. The van der Waals surface area contributed by atoms with E-state index in [1.165, 1.54) is 6.07 Å². The fourth-order valence-electron chi connectivity index (χ4n) is 1.98. The summed E-state index contributed by atoms with van der Waals surface area (Å²) >= 11 is 11.8. The van der Waals surface area contributed by atoms with Crippen molar-refractivity contribution >= 4 is 23.2 Å². The minimum atomic E-state index is 0.0422. The van der Waals surface area contributed by atoms with Crippen LogP contribution in [0, 0.1) is 11.3 Å². The van der Waals surface area contributed by atoms with Crippen LogP contribution in [-0.4, -0.2) is 5.11 Å². The van der Waals surface area contributed by atoms with Crippen LogP contribution >= 0.6 is 23.2 Å². The molecule has 2 aromatic rings. The van der Waals surface area contributed by atoms with Crippen molar-refractivity contribution in [2.75, 3.05) is 0 Å².